The Hall–Kier alpha value is -1.56. The van der Waals surface area contributed by atoms with Gasteiger partial charge in [-0.05, 0) is 49.9 Å². The van der Waals surface area contributed by atoms with Gasteiger partial charge in [-0.2, -0.15) is 0 Å². The Bertz CT molecular complexity index is 660. The van der Waals surface area contributed by atoms with Gasteiger partial charge in [0, 0.05) is 17.6 Å². The molecule has 1 N–H and O–H groups in total. The van der Waals surface area contributed by atoms with E-state index in [0.29, 0.717) is 5.69 Å². The van der Waals surface area contributed by atoms with E-state index in [2.05, 4.69) is 5.32 Å². The lowest BCUT2D eigenvalue weighted by atomic mass is 9.88. The van der Waals surface area contributed by atoms with Gasteiger partial charge >= 0.3 is 0 Å². The van der Waals surface area contributed by atoms with Crippen molar-refractivity contribution in [3.05, 3.63) is 24.3 Å². The molecule has 0 unspecified atom stereocenters. The standard InChI is InChI=1S/C17H24N2O3S/c1-23(21,22)19(16-11-12-16)15-9-7-14(8-10-15)18-17(20)13-5-3-2-4-6-13/h7-10,13,16H,2-6,11-12H2,1H3,(H,18,20). The lowest BCUT2D eigenvalue weighted by Crippen LogP contribution is -2.31. The van der Waals surface area contributed by atoms with Crippen molar-refractivity contribution >= 4 is 27.3 Å². The topological polar surface area (TPSA) is 66.5 Å². The van der Waals surface area contributed by atoms with E-state index < -0.39 is 10.0 Å². The zero-order valence-corrected chi connectivity index (χ0v) is 14.3. The highest BCUT2D eigenvalue weighted by Crippen LogP contribution is 2.34. The van der Waals surface area contributed by atoms with E-state index >= 15 is 0 Å². The lowest BCUT2D eigenvalue weighted by Gasteiger charge is -2.23. The van der Waals surface area contributed by atoms with Crippen LogP contribution in [0.4, 0.5) is 11.4 Å². The van der Waals surface area contributed by atoms with Crippen molar-refractivity contribution in [1.29, 1.82) is 0 Å². The number of nitrogens with one attached hydrogen (secondary N) is 1. The third-order valence-electron chi connectivity index (χ3n) is 4.60. The first-order chi connectivity index (χ1) is 10.9. The zero-order valence-electron chi connectivity index (χ0n) is 13.5. The molecule has 6 heteroatoms. The molecule has 2 aliphatic carbocycles. The molecule has 2 fully saturated rings. The van der Waals surface area contributed by atoms with Gasteiger partial charge in [-0.25, -0.2) is 8.42 Å². The smallest absolute Gasteiger partial charge is 0.232 e. The second kappa shape index (κ2) is 6.51. The molecule has 0 heterocycles. The van der Waals surface area contributed by atoms with E-state index in [1.54, 1.807) is 24.3 Å². The summed E-state index contributed by atoms with van der Waals surface area (Å²) in [6.07, 6.45) is 8.47. The van der Waals surface area contributed by atoms with Crippen LogP contribution in [0.3, 0.4) is 0 Å². The number of nitrogens with zero attached hydrogens (tertiary/aromatic N) is 1. The average molecular weight is 336 g/mol. The van der Waals surface area contributed by atoms with Crippen molar-refractivity contribution in [3.8, 4) is 0 Å². The fourth-order valence-corrected chi connectivity index (χ4v) is 4.54. The lowest BCUT2D eigenvalue weighted by molar-refractivity contribution is -0.120. The molecule has 126 valence electrons. The first-order valence-corrected chi connectivity index (χ1v) is 10.2. The molecule has 2 saturated carbocycles. The van der Waals surface area contributed by atoms with Gasteiger partial charge in [0.25, 0.3) is 0 Å². The van der Waals surface area contributed by atoms with Gasteiger partial charge in [-0.15, -0.1) is 0 Å². The maximum atomic E-state index is 12.2. The van der Waals surface area contributed by atoms with Crippen molar-refractivity contribution in [2.75, 3.05) is 15.9 Å². The summed E-state index contributed by atoms with van der Waals surface area (Å²) >= 11 is 0. The molecule has 0 aromatic heterocycles. The number of carbonyl (C=O) groups is 1. The molecule has 23 heavy (non-hydrogen) atoms. The number of hydrogen-bond acceptors (Lipinski definition) is 3. The van der Waals surface area contributed by atoms with Crippen LogP contribution in [0.15, 0.2) is 24.3 Å². The Morgan fingerprint density at radius 2 is 1.65 bits per heavy atom. The first-order valence-electron chi connectivity index (χ1n) is 8.35. The third-order valence-corrected chi connectivity index (χ3v) is 5.82. The quantitative estimate of drug-likeness (QED) is 0.898. The summed E-state index contributed by atoms with van der Waals surface area (Å²) in [6.45, 7) is 0. The van der Waals surface area contributed by atoms with Crippen LogP contribution in [0.25, 0.3) is 0 Å². The molecule has 0 bridgehead atoms. The first kappa shape index (κ1) is 16.3. The number of benzene rings is 1. The van der Waals surface area contributed by atoms with Crippen molar-refractivity contribution in [2.45, 2.75) is 51.0 Å². The SMILES string of the molecule is CS(=O)(=O)N(c1ccc(NC(=O)C2CCCCC2)cc1)C1CC1. The number of anilines is 2. The van der Waals surface area contributed by atoms with Crippen LogP contribution >= 0.6 is 0 Å². The molecule has 1 amide bonds. The predicted octanol–water partition coefficient (Wildman–Crippen LogP) is 3.13. The van der Waals surface area contributed by atoms with Gasteiger partial charge in [0.2, 0.25) is 15.9 Å². The van der Waals surface area contributed by atoms with Crippen LogP contribution in [0, 0.1) is 5.92 Å². The fourth-order valence-electron chi connectivity index (χ4n) is 3.28. The number of hydrogen-bond donors (Lipinski definition) is 1. The van der Waals surface area contributed by atoms with E-state index in [9.17, 15) is 13.2 Å². The summed E-state index contributed by atoms with van der Waals surface area (Å²) in [6, 6.07) is 7.21. The second-order valence-corrected chi connectivity index (χ2v) is 8.52. The van der Waals surface area contributed by atoms with Crippen molar-refractivity contribution in [1.82, 2.24) is 0 Å². The van der Waals surface area contributed by atoms with Crippen molar-refractivity contribution in [2.24, 2.45) is 5.92 Å². The summed E-state index contributed by atoms with van der Waals surface area (Å²) in [4.78, 5) is 12.2. The van der Waals surface area contributed by atoms with Gasteiger partial charge in [0.05, 0.1) is 11.9 Å². The number of amides is 1. The van der Waals surface area contributed by atoms with E-state index in [-0.39, 0.29) is 17.9 Å². The Kier molecular flexibility index (Phi) is 4.62. The minimum Gasteiger partial charge on any atom is -0.326 e. The highest BCUT2D eigenvalue weighted by Gasteiger charge is 2.35. The highest BCUT2D eigenvalue weighted by molar-refractivity contribution is 7.92. The average Bonchev–Trinajstić information content (AvgIpc) is 3.33. The fraction of sp³-hybridized carbons (Fsp3) is 0.588. The normalized spacial score (nSPS) is 19.3. The molecule has 0 saturated heterocycles. The molecule has 1 aromatic carbocycles. The zero-order chi connectivity index (χ0) is 16.4. The van der Waals surface area contributed by atoms with Crippen molar-refractivity contribution in [3.63, 3.8) is 0 Å². The van der Waals surface area contributed by atoms with E-state index in [4.69, 9.17) is 0 Å². The second-order valence-electron chi connectivity index (χ2n) is 6.66. The Morgan fingerprint density at radius 3 is 2.17 bits per heavy atom. The summed E-state index contributed by atoms with van der Waals surface area (Å²) in [7, 11) is -3.26. The Morgan fingerprint density at radius 1 is 1.04 bits per heavy atom. The Labute approximate surface area is 138 Å². The predicted molar refractivity (Wildman–Crippen MR) is 92.0 cm³/mol. The maximum absolute atomic E-state index is 12.2. The van der Waals surface area contributed by atoms with Crippen LogP contribution in [0.1, 0.15) is 44.9 Å². The van der Waals surface area contributed by atoms with Gasteiger partial charge in [-0.3, -0.25) is 9.10 Å². The minimum atomic E-state index is -3.26. The minimum absolute atomic E-state index is 0.0830. The van der Waals surface area contributed by atoms with Crippen LogP contribution < -0.4 is 9.62 Å². The van der Waals surface area contributed by atoms with Crippen LogP contribution in [0.2, 0.25) is 0 Å². The Balaban J connectivity index is 1.68. The van der Waals surface area contributed by atoms with Crippen LogP contribution in [-0.4, -0.2) is 26.6 Å². The molecule has 5 nitrogen and oxygen atoms in total. The van der Waals surface area contributed by atoms with Crippen LogP contribution in [-0.2, 0) is 14.8 Å². The molecule has 0 atom stereocenters. The van der Waals surface area contributed by atoms with E-state index in [1.807, 2.05) is 0 Å². The molecule has 0 aliphatic heterocycles. The largest absolute Gasteiger partial charge is 0.326 e. The third kappa shape index (κ3) is 4.05. The molecule has 1 aromatic rings. The summed E-state index contributed by atoms with van der Waals surface area (Å²) in [5.41, 5.74) is 1.40. The monoisotopic (exact) mass is 336 g/mol. The van der Waals surface area contributed by atoms with Gasteiger partial charge < -0.3 is 5.32 Å². The van der Waals surface area contributed by atoms with Gasteiger partial charge in [-0.1, -0.05) is 19.3 Å². The van der Waals surface area contributed by atoms with E-state index in [0.717, 1.165) is 44.2 Å². The van der Waals surface area contributed by atoms with Gasteiger partial charge in [0.1, 0.15) is 0 Å². The van der Waals surface area contributed by atoms with Crippen molar-refractivity contribution < 1.29 is 13.2 Å². The summed E-state index contributed by atoms with van der Waals surface area (Å²) < 4.78 is 25.4. The molecular formula is C17H24N2O3S. The van der Waals surface area contributed by atoms with E-state index in [1.165, 1.54) is 17.0 Å². The summed E-state index contributed by atoms with van der Waals surface area (Å²) in [5.74, 6) is 0.196. The number of carbonyl (C=O) groups excluding carboxylic acids is 1. The van der Waals surface area contributed by atoms with Gasteiger partial charge in [0.15, 0.2) is 0 Å². The highest BCUT2D eigenvalue weighted by atomic mass is 32.2. The molecule has 3 rings (SSSR count). The van der Waals surface area contributed by atoms with Crippen LogP contribution in [0.5, 0.6) is 0 Å². The molecule has 0 radical (unpaired) electrons. The number of sulfonamides is 1. The molecule has 0 spiro atoms. The molecular weight excluding hydrogens is 312 g/mol. The maximum Gasteiger partial charge on any atom is 0.232 e. The molecule has 2 aliphatic rings. The number of rotatable bonds is 5. The summed E-state index contributed by atoms with van der Waals surface area (Å²) in [5, 5.41) is 2.95.